The molecular weight excluding hydrogens is 516 g/mol. The number of guanidine groups is 1. The summed E-state index contributed by atoms with van der Waals surface area (Å²) in [5.74, 6) is 0.245. The van der Waals surface area contributed by atoms with E-state index < -0.39 is 6.61 Å². The fourth-order valence-electron chi connectivity index (χ4n) is 1.97. The van der Waals surface area contributed by atoms with Gasteiger partial charge in [0.25, 0.3) is 0 Å². The molecule has 0 saturated heterocycles. The van der Waals surface area contributed by atoms with Crippen molar-refractivity contribution < 1.29 is 18.3 Å². The van der Waals surface area contributed by atoms with Crippen molar-refractivity contribution in [2.75, 3.05) is 27.2 Å². The number of carbonyl (C=O) groups is 1. The van der Waals surface area contributed by atoms with Crippen LogP contribution >= 0.6 is 47.2 Å². The molecule has 1 amide bonds. The molecule has 1 aromatic rings. The molecule has 0 spiro atoms. The van der Waals surface area contributed by atoms with Gasteiger partial charge in [-0.1, -0.05) is 23.2 Å². The number of halogens is 5. The maximum Gasteiger partial charge on any atom is 0.387 e. The molecule has 1 aromatic carbocycles. The summed E-state index contributed by atoms with van der Waals surface area (Å²) in [6.07, 6.45) is 0.292. The van der Waals surface area contributed by atoms with E-state index in [1.54, 1.807) is 14.1 Å². The van der Waals surface area contributed by atoms with E-state index in [4.69, 9.17) is 23.2 Å². The summed E-state index contributed by atoms with van der Waals surface area (Å²) < 4.78 is 29.7. The molecule has 6 nitrogen and oxygen atoms in total. The molecule has 0 aliphatic heterocycles. The van der Waals surface area contributed by atoms with Crippen LogP contribution in [-0.4, -0.2) is 50.6 Å². The molecule has 154 valence electrons. The van der Waals surface area contributed by atoms with Crippen LogP contribution in [0.5, 0.6) is 5.75 Å². The van der Waals surface area contributed by atoms with Crippen molar-refractivity contribution in [2.24, 2.45) is 4.99 Å². The summed E-state index contributed by atoms with van der Waals surface area (Å²) >= 11 is 11.9. The molecule has 0 saturated carbocycles. The fourth-order valence-corrected chi connectivity index (χ4v) is 2.55. The summed E-state index contributed by atoms with van der Waals surface area (Å²) in [6, 6.07) is 2.79. The second-order valence-electron chi connectivity index (χ2n) is 5.41. The topological polar surface area (TPSA) is 66.0 Å². The van der Waals surface area contributed by atoms with Gasteiger partial charge in [-0.2, -0.15) is 8.78 Å². The number of ether oxygens (including phenoxy) is 1. The molecule has 0 unspecified atom stereocenters. The number of nitrogens with one attached hydrogen (secondary N) is 2. The second kappa shape index (κ2) is 13.2. The number of aliphatic imine (C=N–C) groups is 1. The molecule has 0 aliphatic rings. The highest BCUT2D eigenvalue weighted by atomic mass is 127. The van der Waals surface area contributed by atoms with E-state index >= 15 is 0 Å². The molecule has 0 bridgehead atoms. The van der Waals surface area contributed by atoms with E-state index in [0.717, 1.165) is 0 Å². The van der Waals surface area contributed by atoms with Gasteiger partial charge in [-0.3, -0.25) is 4.79 Å². The molecule has 0 radical (unpaired) electrons. The Morgan fingerprint density at radius 2 is 1.96 bits per heavy atom. The number of amides is 1. The van der Waals surface area contributed by atoms with E-state index in [1.807, 2.05) is 6.92 Å². The van der Waals surface area contributed by atoms with Gasteiger partial charge in [0.15, 0.2) is 5.96 Å². The Labute approximate surface area is 184 Å². The van der Waals surface area contributed by atoms with Crippen LogP contribution in [-0.2, 0) is 11.3 Å². The van der Waals surface area contributed by atoms with Crippen LogP contribution < -0.4 is 15.4 Å². The molecule has 2 N–H and O–H groups in total. The van der Waals surface area contributed by atoms with Gasteiger partial charge in [0.1, 0.15) is 5.75 Å². The maximum atomic E-state index is 12.6. The second-order valence-corrected chi connectivity index (χ2v) is 6.26. The van der Waals surface area contributed by atoms with Crippen LogP contribution in [0.25, 0.3) is 0 Å². The van der Waals surface area contributed by atoms with Crippen LogP contribution in [0.1, 0.15) is 18.9 Å². The van der Waals surface area contributed by atoms with Crippen molar-refractivity contribution in [3.05, 3.63) is 27.7 Å². The Bertz CT molecular complexity index is 649. The van der Waals surface area contributed by atoms with Crippen LogP contribution in [0.2, 0.25) is 10.0 Å². The number of hydrogen-bond acceptors (Lipinski definition) is 3. The van der Waals surface area contributed by atoms with E-state index in [-0.39, 0.29) is 52.2 Å². The largest absolute Gasteiger partial charge is 0.433 e. The Hall–Kier alpha value is -1.07. The van der Waals surface area contributed by atoms with Gasteiger partial charge in [-0.05, 0) is 19.1 Å². The standard InChI is InChI=1S/C16H22Cl2F2N4O2.HI/c1-4-21-16(22-6-5-13(25)24(2)3)23-9-10-7-11(17)8-12(18)14(10)26-15(19)20;/h7-8,15H,4-6,9H2,1-3H3,(H2,21,22,23);1H. The van der Waals surface area contributed by atoms with Gasteiger partial charge >= 0.3 is 6.61 Å². The Morgan fingerprint density at radius 1 is 1.30 bits per heavy atom. The third-order valence-electron chi connectivity index (χ3n) is 3.17. The van der Waals surface area contributed by atoms with Crippen molar-refractivity contribution in [1.82, 2.24) is 15.5 Å². The summed E-state index contributed by atoms with van der Waals surface area (Å²) in [5, 5.41) is 6.28. The lowest BCUT2D eigenvalue weighted by atomic mass is 10.2. The highest BCUT2D eigenvalue weighted by molar-refractivity contribution is 14.0. The predicted molar refractivity (Wildman–Crippen MR) is 115 cm³/mol. The van der Waals surface area contributed by atoms with E-state index in [2.05, 4.69) is 20.4 Å². The molecule has 0 heterocycles. The zero-order chi connectivity index (χ0) is 19.7. The molecule has 0 fully saturated rings. The zero-order valence-electron chi connectivity index (χ0n) is 15.2. The van der Waals surface area contributed by atoms with Crippen molar-refractivity contribution in [1.29, 1.82) is 0 Å². The van der Waals surface area contributed by atoms with Gasteiger partial charge in [0, 0.05) is 44.2 Å². The Morgan fingerprint density at radius 3 is 2.52 bits per heavy atom. The van der Waals surface area contributed by atoms with Crippen LogP contribution in [0.4, 0.5) is 8.78 Å². The Balaban J connectivity index is 0.00000676. The first-order valence-corrected chi connectivity index (χ1v) is 8.65. The third-order valence-corrected chi connectivity index (χ3v) is 3.67. The predicted octanol–water partition coefficient (Wildman–Crippen LogP) is 3.75. The van der Waals surface area contributed by atoms with E-state index in [0.29, 0.717) is 31.0 Å². The van der Waals surface area contributed by atoms with Gasteiger partial charge in [0.05, 0.1) is 11.6 Å². The lowest BCUT2D eigenvalue weighted by Gasteiger charge is -2.15. The number of rotatable bonds is 8. The lowest BCUT2D eigenvalue weighted by molar-refractivity contribution is -0.128. The number of nitrogens with zero attached hydrogens (tertiary/aromatic N) is 2. The molecule has 1 rings (SSSR count). The highest BCUT2D eigenvalue weighted by Crippen LogP contribution is 2.34. The molecule has 27 heavy (non-hydrogen) atoms. The van der Waals surface area contributed by atoms with E-state index in [9.17, 15) is 13.6 Å². The Kier molecular flexibility index (Phi) is 12.6. The number of alkyl halides is 2. The first-order chi connectivity index (χ1) is 12.2. The molecule has 0 aromatic heterocycles. The monoisotopic (exact) mass is 538 g/mol. The summed E-state index contributed by atoms with van der Waals surface area (Å²) in [6.45, 7) is -0.160. The van der Waals surface area contributed by atoms with Gasteiger partial charge in [-0.25, -0.2) is 4.99 Å². The minimum atomic E-state index is -3.01. The lowest BCUT2D eigenvalue weighted by Crippen LogP contribution is -2.39. The van der Waals surface area contributed by atoms with Crippen molar-refractivity contribution in [2.45, 2.75) is 26.5 Å². The quantitative estimate of drug-likeness (QED) is 0.300. The molecule has 0 atom stereocenters. The third kappa shape index (κ3) is 9.61. The van der Waals surface area contributed by atoms with Gasteiger partial charge in [0.2, 0.25) is 5.91 Å². The van der Waals surface area contributed by atoms with Gasteiger partial charge in [-0.15, -0.1) is 24.0 Å². The van der Waals surface area contributed by atoms with Crippen LogP contribution in [0, 0.1) is 0 Å². The maximum absolute atomic E-state index is 12.6. The van der Waals surface area contributed by atoms with Crippen molar-refractivity contribution >= 4 is 59.0 Å². The first-order valence-electron chi connectivity index (χ1n) is 7.89. The van der Waals surface area contributed by atoms with Crippen molar-refractivity contribution in [3.8, 4) is 5.75 Å². The van der Waals surface area contributed by atoms with Gasteiger partial charge < -0.3 is 20.3 Å². The number of benzene rings is 1. The molecule has 11 heteroatoms. The fraction of sp³-hybridized carbons (Fsp3) is 0.500. The first kappa shape index (κ1) is 25.9. The number of carbonyl (C=O) groups excluding carboxylic acids is 1. The highest BCUT2D eigenvalue weighted by Gasteiger charge is 2.15. The summed E-state index contributed by atoms with van der Waals surface area (Å²) in [7, 11) is 3.35. The minimum Gasteiger partial charge on any atom is -0.433 e. The molecular formula is C16H23Cl2F2IN4O2. The average molecular weight is 539 g/mol. The summed E-state index contributed by atoms with van der Waals surface area (Å²) in [5.41, 5.74) is 0.323. The van der Waals surface area contributed by atoms with Crippen LogP contribution in [0.15, 0.2) is 17.1 Å². The number of hydrogen-bond donors (Lipinski definition) is 2. The SMILES string of the molecule is CCNC(=NCc1cc(Cl)cc(Cl)c1OC(F)F)NCCC(=O)N(C)C.I. The summed E-state index contributed by atoms with van der Waals surface area (Å²) in [4.78, 5) is 17.4. The van der Waals surface area contributed by atoms with Crippen LogP contribution in [0.3, 0.4) is 0 Å². The van der Waals surface area contributed by atoms with E-state index in [1.165, 1.54) is 17.0 Å². The van der Waals surface area contributed by atoms with Crippen molar-refractivity contribution in [3.63, 3.8) is 0 Å². The normalized spacial score (nSPS) is 11.0. The minimum absolute atomic E-state index is 0. The zero-order valence-corrected chi connectivity index (χ0v) is 19.0. The average Bonchev–Trinajstić information content (AvgIpc) is 2.54. The molecule has 0 aliphatic carbocycles. The smallest absolute Gasteiger partial charge is 0.387 e.